The zero-order valence-corrected chi connectivity index (χ0v) is 20.4. The van der Waals surface area contributed by atoms with E-state index in [9.17, 15) is 30.6 Å². The van der Waals surface area contributed by atoms with Crippen LogP contribution in [0, 0.1) is 0 Å². The average molecular weight is 530 g/mol. The van der Waals surface area contributed by atoms with Gasteiger partial charge < -0.3 is 4.57 Å². The molecule has 0 bridgehead atoms. The number of nitrogens with zero attached hydrogens (tertiary/aromatic N) is 7. The third kappa shape index (κ3) is 4.38. The highest BCUT2D eigenvalue weighted by molar-refractivity contribution is 7.92. The summed E-state index contributed by atoms with van der Waals surface area (Å²) in [6.07, 6.45) is -0.283. The Morgan fingerprint density at radius 3 is 2.43 bits per heavy atom. The van der Waals surface area contributed by atoms with Crippen molar-refractivity contribution in [1.29, 1.82) is 0 Å². The van der Waals surface area contributed by atoms with E-state index in [1.165, 1.54) is 43.3 Å². The van der Waals surface area contributed by atoms with E-state index in [2.05, 4.69) is 24.4 Å². The maximum Gasteiger partial charge on any atom is 0.417 e. The molecule has 4 heterocycles. The Hall–Kier alpha value is -3.40. The van der Waals surface area contributed by atoms with Crippen LogP contribution in [0.25, 0.3) is 28.2 Å². The minimum atomic E-state index is -4.66. The monoisotopic (exact) mass is 529 g/mol. The van der Waals surface area contributed by atoms with Crippen LogP contribution in [0.4, 0.5) is 13.2 Å². The predicted octanol–water partition coefficient (Wildman–Crippen LogP) is 2.36. The van der Waals surface area contributed by atoms with Gasteiger partial charge in [0.2, 0.25) is 0 Å². The van der Waals surface area contributed by atoms with Crippen LogP contribution in [-0.4, -0.2) is 65.9 Å². The first-order chi connectivity index (χ1) is 16.1. The molecule has 0 aliphatic rings. The van der Waals surface area contributed by atoms with Crippen molar-refractivity contribution >= 4 is 42.3 Å². The second kappa shape index (κ2) is 8.08. The van der Waals surface area contributed by atoms with Crippen LogP contribution >= 0.6 is 0 Å². The molecule has 4 aromatic heterocycles. The summed E-state index contributed by atoms with van der Waals surface area (Å²) in [6, 6.07) is 2.03. The molecule has 0 spiro atoms. The van der Waals surface area contributed by atoms with Crippen molar-refractivity contribution in [3.05, 3.63) is 35.8 Å². The Kier molecular flexibility index (Phi) is 5.71. The number of amides is 1. The fourth-order valence-electron chi connectivity index (χ4n) is 3.34. The van der Waals surface area contributed by atoms with Gasteiger partial charge in [-0.1, -0.05) is 6.92 Å². The maximum atomic E-state index is 13.2. The minimum Gasteiger partial charge on any atom is -0.312 e. The number of pyridine rings is 1. The van der Waals surface area contributed by atoms with Crippen LogP contribution in [0.1, 0.15) is 23.0 Å². The molecule has 4 rings (SSSR count). The number of halogens is 3. The summed E-state index contributed by atoms with van der Waals surface area (Å²) < 4.78 is 83.3. The Morgan fingerprint density at radius 2 is 1.83 bits per heavy atom. The normalized spacial score (nSPS) is 13.0. The highest BCUT2D eigenvalue weighted by Gasteiger charge is 2.33. The molecule has 1 amide bonds. The molecule has 186 valence electrons. The van der Waals surface area contributed by atoms with Crippen LogP contribution in [0.15, 0.2) is 33.9 Å². The van der Waals surface area contributed by atoms with Crippen molar-refractivity contribution in [2.45, 2.75) is 18.1 Å². The number of hydrogen-bond donors (Lipinski definition) is 0. The third-order valence-corrected chi connectivity index (χ3v) is 7.18. The first kappa shape index (κ1) is 24.7. The lowest BCUT2D eigenvalue weighted by Crippen LogP contribution is -2.10. The van der Waals surface area contributed by atoms with Gasteiger partial charge in [0.05, 0.1) is 11.3 Å². The van der Waals surface area contributed by atoms with E-state index >= 15 is 0 Å². The highest BCUT2D eigenvalue weighted by Crippen LogP contribution is 2.35. The summed E-state index contributed by atoms with van der Waals surface area (Å²) >= 11 is 0. The van der Waals surface area contributed by atoms with Gasteiger partial charge in [-0.2, -0.15) is 22.6 Å². The Bertz CT molecular complexity index is 1740. The molecule has 16 heteroatoms. The molecule has 0 fully saturated rings. The standard InChI is InChI=1S/C19H18F3N7O4S2/c1-5-35(32,33)18-13(15-23-7-6-12(29(15)26-18)17(30)27-34(3,4)31)16-25-11-8-10(19(20,21)22)9-24-14(11)28(16)2/h6-9H,5H2,1-4H3. The quantitative estimate of drug-likeness (QED) is 0.392. The van der Waals surface area contributed by atoms with Gasteiger partial charge in [0.25, 0.3) is 0 Å². The van der Waals surface area contributed by atoms with Gasteiger partial charge in [0.15, 0.2) is 26.2 Å². The Balaban J connectivity index is 2.09. The van der Waals surface area contributed by atoms with Crippen molar-refractivity contribution < 1.29 is 30.6 Å². The molecule has 0 saturated heterocycles. The average Bonchev–Trinajstić information content (AvgIpc) is 3.29. The lowest BCUT2D eigenvalue weighted by Gasteiger charge is -2.05. The number of hydrogen-bond acceptors (Lipinski definition) is 8. The summed E-state index contributed by atoms with van der Waals surface area (Å²) in [6.45, 7) is 1.38. The van der Waals surface area contributed by atoms with E-state index in [0.717, 1.165) is 10.6 Å². The number of sulfone groups is 1. The lowest BCUT2D eigenvalue weighted by molar-refractivity contribution is -0.137. The van der Waals surface area contributed by atoms with Crippen molar-refractivity contribution in [2.75, 3.05) is 18.3 Å². The number of carbonyl (C=O) groups is 1. The first-order valence-electron chi connectivity index (χ1n) is 9.86. The fourth-order valence-corrected chi connectivity index (χ4v) is 4.80. The van der Waals surface area contributed by atoms with Gasteiger partial charge in [-0.3, -0.25) is 4.79 Å². The van der Waals surface area contributed by atoms with Crippen molar-refractivity contribution in [1.82, 2.24) is 29.1 Å². The molecule has 0 unspecified atom stereocenters. The van der Waals surface area contributed by atoms with Crippen molar-refractivity contribution in [2.24, 2.45) is 11.4 Å². The highest BCUT2D eigenvalue weighted by atomic mass is 32.2. The van der Waals surface area contributed by atoms with E-state index in [4.69, 9.17) is 0 Å². The molecule has 11 nitrogen and oxygen atoms in total. The molecule has 4 aromatic rings. The first-order valence-corrected chi connectivity index (χ1v) is 13.8. The third-order valence-electron chi connectivity index (χ3n) is 4.94. The second-order valence-corrected chi connectivity index (χ2v) is 12.5. The minimum absolute atomic E-state index is 0.0612. The Morgan fingerprint density at radius 1 is 1.14 bits per heavy atom. The maximum absolute atomic E-state index is 13.2. The number of carbonyl (C=O) groups excluding carboxylic acids is 1. The van der Waals surface area contributed by atoms with Crippen molar-refractivity contribution in [3.8, 4) is 11.4 Å². The summed E-state index contributed by atoms with van der Waals surface area (Å²) in [7, 11) is -5.42. The molecule has 0 radical (unpaired) electrons. The molecular formula is C19H18F3N7O4S2. The van der Waals surface area contributed by atoms with Crippen LogP contribution in [-0.2, 0) is 32.8 Å². The SMILES string of the molecule is CCS(=O)(=O)c1nn2c(C(=O)N=S(C)(C)=O)ccnc2c1-c1nc2cc(C(F)(F)F)cnc2n1C. The van der Waals surface area contributed by atoms with Gasteiger partial charge in [0.1, 0.15) is 22.6 Å². The zero-order valence-electron chi connectivity index (χ0n) is 18.7. The molecule has 0 aromatic carbocycles. The summed E-state index contributed by atoms with van der Waals surface area (Å²) in [5, 5.41) is 3.61. The number of aromatic nitrogens is 6. The van der Waals surface area contributed by atoms with E-state index in [1.54, 1.807) is 0 Å². The summed E-state index contributed by atoms with van der Waals surface area (Å²) in [5.74, 6) is -1.35. The smallest absolute Gasteiger partial charge is 0.312 e. The molecule has 35 heavy (non-hydrogen) atoms. The molecule has 0 aliphatic carbocycles. The van der Waals surface area contributed by atoms with Crippen LogP contribution < -0.4 is 0 Å². The Labute approximate surface area is 197 Å². The van der Waals surface area contributed by atoms with E-state index in [-0.39, 0.29) is 39.6 Å². The van der Waals surface area contributed by atoms with E-state index in [1.807, 2.05) is 0 Å². The number of imidazole rings is 1. The van der Waals surface area contributed by atoms with Gasteiger partial charge in [-0.15, -0.1) is 0 Å². The van der Waals surface area contributed by atoms with Crippen molar-refractivity contribution in [3.63, 3.8) is 0 Å². The summed E-state index contributed by atoms with van der Waals surface area (Å²) in [5.41, 5.74) is -1.52. The molecule has 0 atom stereocenters. The van der Waals surface area contributed by atoms with Gasteiger partial charge in [-0.25, -0.2) is 32.1 Å². The number of alkyl halides is 3. The van der Waals surface area contributed by atoms with E-state index in [0.29, 0.717) is 6.20 Å². The largest absolute Gasteiger partial charge is 0.417 e. The van der Waals surface area contributed by atoms with Gasteiger partial charge >= 0.3 is 12.1 Å². The van der Waals surface area contributed by atoms with Crippen LogP contribution in [0.5, 0.6) is 0 Å². The molecule has 0 saturated carbocycles. The number of aryl methyl sites for hydroxylation is 1. The second-order valence-electron chi connectivity index (χ2n) is 7.79. The van der Waals surface area contributed by atoms with Crippen LogP contribution in [0.3, 0.4) is 0 Å². The molecule has 0 N–H and O–H groups in total. The summed E-state index contributed by atoms with van der Waals surface area (Å²) in [4.78, 5) is 24.9. The fraction of sp³-hybridized carbons (Fsp3) is 0.316. The van der Waals surface area contributed by atoms with Crippen LogP contribution in [0.2, 0.25) is 0 Å². The van der Waals surface area contributed by atoms with Gasteiger partial charge in [0, 0.05) is 41.7 Å². The topological polar surface area (TPSA) is 142 Å². The predicted molar refractivity (Wildman–Crippen MR) is 120 cm³/mol. The lowest BCUT2D eigenvalue weighted by atomic mass is 10.2. The number of fused-ring (bicyclic) bond motifs is 2. The molecular weight excluding hydrogens is 511 g/mol. The number of rotatable bonds is 4. The molecule has 0 aliphatic heterocycles. The van der Waals surface area contributed by atoms with Gasteiger partial charge in [-0.05, 0) is 12.1 Å². The zero-order chi connectivity index (χ0) is 25.9. The van der Waals surface area contributed by atoms with E-state index < -0.39 is 42.2 Å².